The zero-order valence-corrected chi connectivity index (χ0v) is 12.9. The minimum absolute atomic E-state index is 0.00646. The lowest BCUT2D eigenvalue weighted by Gasteiger charge is -2.15. The van der Waals surface area contributed by atoms with Crippen molar-refractivity contribution in [1.82, 2.24) is 9.29 Å². The van der Waals surface area contributed by atoms with Crippen LogP contribution in [0.5, 0.6) is 0 Å². The molecule has 0 radical (unpaired) electrons. The van der Waals surface area contributed by atoms with Crippen molar-refractivity contribution in [1.29, 1.82) is 0 Å². The molecule has 1 saturated carbocycles. The molecule has 0 amide bonds. The second-order valence-corrected chi connectivity index (χ2v) is 7.31. The molecule has 1 aliphatic rings. The van der Waals surface area contributed by atoms with E-state index in [1.54, 1.807) is 7.11 Å². The Bertz CT molecular complexity index is 631. The van der Waals surface area contributed by atoms with Gasteiger partial charge in [-0.3, -0.25) is 0 Å². The van der Waals surface area contributed by atoms with E-state index in [2.05, 4.69) is 4.72 Å². The van der Waals surface area contributed by atoms with Gasteiger partial charge in [-0.2, -0.15) is 0 Å². The van der Waals surface area contributed by atoms with Gasteiger partial charge in [-0.15, -0.1) is 0 Å². The first-order valence-corrected chi connectivity index (χ1v) is 8.16. The van der Waals surface area contributed by atoms with E-state index in [4.69, 9.17) is 9.84 Å². The largest absolute Gasteiger partial charge is 0.477 e. The molecule has 1 aliphatic carbocycles. The molecule has 1 fully saturated rings. The minimum atomic E-state index is -3.69. The molecule has 0 spiro atoms. The molecule has 21 heavy (non-hydrogen) atoms. The van der Waals surface area contributed by atoms with Gasteiger partial charge in [0.25, 0.3) is 0 Å². The summed E-state index contributed by atoms with van der Waals surface area (Å²) in [7, 11) is -0.563. The van der Waals surface area contributed by atoms with Gasteiger partial charge in [0.05, 0.1) is 0 Å². The molecule has 7 nitrogen and oxygen atoms in total. The molecule has 0 bridgehead atoms. The molecule has 0 aromatic carbocycles. The number of ether oxygens (including phenoxy) is 1. The number of carbonyl (C=O) groups is 1. The first-order valence-electron chi connectivity index (χ1n) is 6.68. The highest BCUT2D eigenvalue weighted by molar-refractivity contribution is 7.89. The average molecular weight is 316 g/mol. The van der Waals surface area contributed by atoms with Gasteiger partial charge in [0, 0.05) is 33.5 Å². The predicted molar refractivity (Wildman–Crippen MR) is 75.7 cm³/mol. The monoisotopic (exact) mass is 316 g/mol. The Balaban J connectivity index is 2.05. The number of aryl methyl sites for hydroxylation is 1. The molecule has 0 aliphatic heterocycles. The summed E-state index contributed by atoms with van der Waals surface area (Å²) in [5.74, 6) is -1.15. The van der Waals surface area contributed by atoms with E-state index in [-0.39, 0.29) is 16.0 Å². The Morgan fingerprint density at radius 2 is 2.19 bits per heavy atom. The van der Waals surface area contributed by atoms with Gasteiger partial charge in [0.15, 0.2) is 0 Å². The summed E-state index contributed by atoms with van der Waals surface area (Å²) in [4.78, 5) is 10.9. The van der Waals surface area contributed by atoms with Crippen LogP contribution in [-0.4, -0.2) is 44.3 Å². The van der Waals surface area contributed by atoms with Crippen LogP contribution in [0.4, 0.5) is 0 Å². The lowest BCUT2D eigenvalue weighted by Crippen LogP contribution is -2.30. The van der Waals surface area contributed by atoms with Crippen LogP contribution in [0.25, 0.3) is 0 Å². The van der Waals surface area contributed by atoms with Crippen molar-refractivity contribution in [3.63, 3.8) is 0 Å². The molecule has 1 aromatic rings. The van der Waals surface area contributed by atoms with E-state index < -0.39 is 16.0 Å². The number of hydrogen-bond donors (Lipinski definition) is 2. The SMILES string of the molecule is COCCC1(CNS(=O)(=O)c2cc(C(=O)O)n(C)c2)CC1. The highest BCUT2D eigenvalue weighted by atomic mass is 32.2. The van der Waals surface area contributed by atoms with E-state index in [1.165, 1.54) is 23.9 Å². The topological polar surface area (TPSA) is 97.6 Å². The maximum absolute atomic E-state index is 12.2. The van der Waals surface area contributed by atoms with Gasteiger partial charge in [-0.05, 0) is 30.7 Å². The number of sulfonamides is 1. The Morgan fingerprint density at radius 3 is 2.67 bits per heavy atom. The molecule has 1 aromatic heterocycles. The number of carboxylic acid groups (broad SMARTS) is 1. The molecule has 0 atom stereocenters. The summed E-state index contributed by atoms with van der Waals surface area (Å²) >= 11 is 0. The number of methoxy groups -OCH3 is 1. The molecular formula is C13H20N2O5S. The number of nitrogens with one attached hydrogen (secondary N) is 1. The zero-order valence-electron chi connectivity index (χ0n) is 12.1. The molecule has 118 valence electrons. The van der Waals surface area contributed by atoms with Crippen molar-refractivity contribution in [2.24, 2.45) is 12.5 Å². The summed E-state index contributed by atoms with van der Waals surface area (Å²) in [6.07, 6.45) is 4.09. The molecule has 1 heterocycles. The van der Waals surface area contributed by atoms with Crippen molar-refractivity contribution in [2.75, 3.05) is 20.3 Å². The fraction of sp³-hybridized carbons (Fsp3) is 0.615. The lowest BCUT2D eigenvalue weighted by atomic mass is 10.0. The fourth-order valence-corrected chi connectivity index (χ4v) is 3.46. The van der Waals surface area contributed by atoms with Crippen LogP contribution >= 0.6 is 0 Å². The van der Waals surface area contributed by atoms with Gasteiger partial charge in [0.2, 0.25) is 10.0 Å². The van der Waals surface area contributed by atoms with E-state index in [0.717, 1.165) is 19.3 Å². The molecule has 8 heteroatoms. The highest BCUT2D eigenvalue weighted by Crippen LogP contribution is 2.48. The van der Waals surface area contributed by atoms with Crippen molar-refractivity contribution in [3.8, 4) is 0 Å². The quantitative estimate of drug-likeness (QED) is 0.740. The third-order valence-corrected chi connectivity index (χ3v) is 5.31. The smallest absolute Gasteiger partial charge is 0.352 e. The number of aromatic carboxylic acids is 1. The Hall–Kier alpha value is -1.38. The minimum Gasteiger partial charge on any atom is -0.477 e. The van der Waals surface area contributed by atoms with E-state index in [0.29, 0.717) is 13.2 Å². The average Bonchev–Trinajstić information content (AvgIpc) is 3.08. The number of nitrogens with zero attached hydrogens (tertiary/aromatic N) is 1. The Labute approximate surface area is 124 Å². The highest BCUT2D eigenvalue weighted by Gasteiger charge is 2.42. The van der Waals surface area contributed by atoms with Crippen LogP contribution in [-0.2, 0) is 21.8 Å². The van der Waals surface area contributed by atoms with E-state index >= 15 is 0 Å². The number of hydrogen-bond acceptors (Lipinski definition) is 4. The maximum Gasteiger partial charge on any atom is 0.352 e. The second kappa shape index (κ2) is 5.78. The maximum atomic E-state index is 12.2. The van der Waals surface area contributed by atoms with Crippen molar-refractivity contribution in [3.05, 3.63) is 18.0 Å². The molecule has 2 rings (SSSR count). The lowest BCUT2D eigenvalue weighted by molar-refractivity contribution is 0.0686. The number of aromatic nitrogens is 1. The summed E-state index contributed by atoms with van der Waals surface area (Å²) in [6.45, 7) is 0.965. The fourth-order valence-electron chi connectivity index (χ4n) is 2.24. The van der Waals surface area contributed by atoms with Crippen LogP contribution in [0.15, 0.2) is 17.2 Å². The summed E-state index contributed by atoms with van der Waals surface area (Å²) in [5.41, 5.74) is -0.0658. The zero-order chi connectivity index (χ0) is 15.7. The first kappa shape index (κ1) is 16.0. The van der Waals surface area contributed by atoms with E-state index in [1.807, 2.05) is 0 Å². The van der Waals surface area contributed by atoms with Crippen LogP contribution in [0.1, 0.15) is 29.8 Å². The number of rotatable bonds is 8. The molecule has 0 saturated heterocycles. The van der Waals surface area contributed by atoms with Gasteiger partial charge in [-0.25, -0.2) is 17.9 Å². The van der Waals surface area contributed by atoms with Crippen molar-refractivity contribution in [2.45, 2.75) is 24.2 Å². The van der Waals surface area contributed by atoms with Crippen molar-refractivity contribution < 1.29 is 23.1 Å². The summed E-state index contributed by atoms with van der Waals surface area (Å²) < 4.78 is 33.3. The number of carboxylic acids is 1. The molecule has 2 N–H and O–H groups in total. The summed E-state index contributed by atoms with van der Waals surface area (Å²) in [5, 5.41) is 8.96. The third kappa shape index (κ3) is 3.63. The van der Waals surface area contributed by atoms with E-state index in [9.17, 15) is 13.2 Å². The predicted octanol–water partition coefficient (Wildman–Crippen LogP) is 0.818. The Kier molecular flexibility index (Phi) is 4.40. The van der Waals surface area contributed by atoms with Gasteiger partial charge < -0.3 is 14.4 Å². The van der Waals surface area contributed by atoms with Gasteiger partial charge in [-0.1, -0.05) is 0 Å². The standard InChI is InChI=1S/C13H20N2O5S/c1-15-8-10(7-11(15)12(16)17)21(18,19)14-9-13(3-4-13)5-6-20-2/h7-8,14H,3-6,9H2,1-2H3,(H,16,17). The summed E-state index contributed by atoms with van der Waals surface area (Å²) in [6, 6.07) is 1.17. The third-order valence-electron chi connectivity index (χ3n) is 3.94. The van der Waals surface area contributed by atoms with Crippen LogP contribution in [0, 0.1) is 5.41 Å². The van der Waals surface area contributed by atoms with Crippen molar-refractivity contribution >= 4 is 16.0 Å². The molecule has 0 unspecified atom stereocenters. The van der Waals surface area contributed by atoms with Gasteiger partial charge in [0.1, 0.15) is 10.6 Å². The van der Waals surface area contributed by atoms with Crippen LogP contribution < -0.4 is 4.72 Å². The normalized spacial score (nSPS) is 16.9. The van der Waals surface area contributed by atoms with Crippen LogP contribution in [0.2, 0.25) is 0 Å². The van der Waals surface area contributed by atoms with Crippen LogP contribution in [0.3, 0.4) is 0 Å². The van der Waals surface area contributed by atoms with Gasteiger partial charge >= 0.3 is 5.97 Å². The Morgan fingerprint density at radius 1 is 1.52 bits per heavy atom. The first-order chi connectivity index (χ1) is 9.80. The molecular weight excluding hydrogens is 296 g/mol. The second-order valence-electron chi connectivity index (χ2n) is 5.54.